The maximum Gasteiger partial charge on any atom is 0.408 e. The highest BCUT2D eigenvalue weighted by atomic mass is 16.6. The zero-order chi connectivity index (χ0) is 35.5. The minimum Gasteiger partial charge on any atom is -0.497 e. The second kappa shape index (κ2) is 14.1. The lowest BCUT2D eigenvalue weighted by Gasteiger charge is -2.26. The second-order valence-electron chi connectivity index (χ2n) is 11.6. The Morgan fingerprint density at radius 3 is 2.50 bits per heavy atom. The summed E-state index contributed by atoms with van der Waals surface area (Å²) in [7, 11) is 1.57. The fourth-order valence-electron chi connectivity index (χ4n) is 6.03. The smallest absolute Gasteiger partial charge is 0.408 e. The predicted molar refractivity (Wildman–Crippen MR) is 172 cm³/mol. The van der Waals surface area contributed by atoms with E-state index in [-0.39, 0.29) is 69.8 Å². The number of alkyl carbamates (subject to hydrolysis) is 1. The maximum atomic E-state index is 13.6. The van der Waals surface area contributed by atoms with Crippen molar-refractivity contribution in [1.29, 1.82) is 0 Å². The number of carbonyl (C=O) groups excluding carboxylic acids is 5. The lowest BCUT2D eigenvalue weighted by atomic mass is 10.00. The van der Waals surface area contributed by atoms with Crippen molar-refractivity contribution < 1.29 is 48.1 Å². The molecule has 0 saturated heterocycles. The van der Waals surface area contributed by atoms with E-state index in [0.29, 0.717) is 22.7 Å². The van der Waals surface area contributed by atoms with E-state index in [9.17, 15) is 33.6 Å². The summed E-state index contributed by atoms with van der Waals surface area (Å²) in [5, 5.41) is 14.4. The van der Waals surface area contributed by atoms with Crippen molar-refractivity contribution in [3.63, 3.8) is 0 Å². The zero-order valence-electron chi connectivity index (χ0n) is 26.8. The summed E-state index contributed by atoms with van der Waals surface area (Å²) in [6.45, 7) is -0.328. The van der Waals surface area contributed by atoms with E-state index in [2.05, 4.69) is 10.6 Å². The molecule has 3 aliphatic rings. The van der Waals surface area contributed by atoms with Crippen LogP contribution in [0, 0.1) is 0 Å². The number of fused-ring (bicyclic) bond motifs is 5. The molecule has 0 unspecified atom stereocenters. The summed E-state index contributed by atoms with van der Waals surface area (Å²) in [6.07, 6.45) is -1.44. The van der Waals surface area contributed by atoms with Crippen molar-refractivity contribution in [1.82, 2.24) is 30.0 Å². The first-order valence-corrected chi connectivity index (χ1v) is 15.7. The summed E-state index contributed by atoms with van der Waals surface area (Å²) in [6, 6.07) is 8.95. The highest BCUT2D eigenvalue weighted by Crippen LogP contribution is 2.36. The van der Waals surface area contributed by atoms with Crippen LogP contribution in [0.2, 0.25) is 0 Å². The third-order valence-electron chi connectivity index (χ3n) is 8.52. The average molecular weight is 689 g/mol. The van der Waals surface area contributed by atoms with Gasteiger partial charge in [0.05, 0.1) is 36.1 Å². The first kappa shape index (κ1) is 33.6. The minimum atomic E-state index is -1.55. The van der Waals surface area contributed by atoms with E-state index in [0.717, 1.165) is 28.0 Å². The molecular formula is C33H32N6O11. The van der Waals surface area contributed by atoms with E-state index < -0.39 is 47.5 Å². The molecule has 17 nitrogen and oxygen atoms in total. The molecule has 3 N–H and O–H groups in total. The van der Waals surface area contributed by atoms with Gasteiger partial charge in [-0.25, -0.2) is 19.4 Å². The largest absolute Gasteiger partial charge is 0.497 e. The highest BCUT2D eigenvalue weighted by Gasteiger charge is 2.37. The summed E-state index contributed by atoms with van der Waals surface area (Å²) in [5.74, 6) is -1.55. The highest BCUT2D eigenvalue weighted by molar-refractivity contribution is 6.12. The molecule has 50 heavy (non-hydrogen) atoms. The van der Waals surface area contributed by atoms with Gasteiger partial charge in [0.2, 0.25) is 12.0 Å². The van der Waals surface area contributed by atoms with Crippen molar-refractivity contribution in [3.05, 3.63) is 69.5 Å². The van der Waals surface area contributed by atoms with Gasteiger partial charge in [-0.05, 0) is 36.8 Å². The van der Waals surface area contributed by atoms with Crippen LogP contribution in [0.15, 0.2) is 47.3 Å². The van der Waals surface area contributed by atoms with E-state index in [1.54, 1.807) is 25.3 Å². The van der Waals surface area contributed by atoms with Crippen LogP contribution in [0.25, 0.3) is 22.3 Å². The molecule has 6 rings (SSSR count). The number of aromatic nitrogens is 2. The molecule has 17 heteroatoms. The number of carboxylic acid groups (broad SMARTS) is 1. The quantitative estimate of drug-likeness (QED) is 0.141. The van der Waals surface area contributed by atoms with E-state index in [1.165, 1.54) is 9.47 Å². The van der Waals surface area contributed by atoms with Gasteiger partial charge < -0.3 is 39.4 Å². The minimum absolute atomic E-state index is 0.0271. The molecule has 5 amide bonds. The lowest BCUT2D eigenvalue weighted by Crippen LogP contribution is -2.43. The van der Waals surface area contributed by atoms with Gasteiger partial charge in [0.15, 0.2) is 0 Å². The molecule has 2 aromatic heterocycles. The number of carbonyl (C=O) groups is 6. The number of imide groups is 1. The summed E-state index contributed by atoms with van der Waals surface area (Å²) < 4.78 is 17.5. The first-order chi connectivity index (χ1) is 24.0. The van der Waals surface area contributed by atoms with Crippen LogP contribution in [0.3, 0.4) is 0 Å². The van der Waals surface area contributed by atoms with Gasteiger partial charge in [0, 0.05) is 67.8 Å². The fraction of sp³-hybridized carbons (Fsp3) is 0.333. The van der Waals surface area contributed by atoms with Crippen molar-refractivity contribution >= 4 is 46.8 Å². The van der Waals surface area contributed by atoms with Crippen LogP contribution in [-0.4, -0.2) is 100 Å². The first-order valence-electron chi connectivity index (χ1n) is 15.7. The number of methoxy groups -OCH3 is 1. The normalized spacial score (nSPS) is 15.7. The molecule has 0 aliphatic carbocycles. The van der Waals surface area contributed by atoms with Gasteiger partial charge in [0.25, 0.3) is 17.4 Å². The number of benzene rings is 1. The van der Waals surface area contributed by atoms with Crippen LogP contribution in [0.4, 0.5) is 9.59 Å². The third-order valence-corrected chi connectivity index (χ3v) is 8.52. The number of cyclic esters (lactones) is 1. The molecule has 0 fully saturated rings. The van der Waals surface area contributed by atoms with Crippen LogP contribution in [0.1, 0.15) is 35.6 Å². The number of ether oxygens (including phenoxy) is 3. The fourth-order valence-corrected chi connectivity index (χ4v) is 6.03. The van der Waals surface area contributed by atoms with Gasteiger partial charge in [-0.15, -0.1) is 0 Å². The molecule has 0 saturated carbocycles. The van der Waals surface area contributed by atoms with Gasteiger partial charge in [-0.1, -0.05) is 0 Å². The molecule has 3 aliphatic heterocycles. The number of pyridine rings is 2. The number of rotatable bonds is 12. The Kier molecular flexibility index (Phi) is 9.47. The second-order valence-corrected chi connectivity index (χ2v) is 11.6. The molecule has 260 valence electrons. The number of nitrogens with zero attached hydrogens (tertiary/aromatic N) is 4. The molecule has 0 bridgehead atoms. The molecule has 5 heterocycles. The summed E-state index contributed by atoms with van der Waals surface area (Å²) >= 11 is 0. The Morgan fingerprint density at radius 2 is 1.78 bits per heavy atom. The Hall–Kier alpha value is -6.26. The molecular weight excluding hydrogens is 656 g/mol. The van der Waals surface area contributed by atoms with Gasteiger partial charge >= 0.3 is 18.2 Å². The standard InChI is InChI=1S/C33H32N6O11/c1-48-20-4-5-23-18(14-20)13-19-16-39-24(28(19)36-23)15-21-22(30(39)43)17-49-31(44)29(21)50-33(47)35-9-12-37(11-8-34-32(45)46)25(40)3-2-10-38-26(41)6-7-27(38)42/h4-7,13-15,29,34H,2-3,8-12,16-17H2,1H3,(H,35,47)(H,45,46)/t29-/m0/s1. The predicted octanol–water partition coefficient (Wildman–Crippen LogP) is 1.06. The maximum absolute atomic E-state index is 13.6. The van der Waals surface area contributed by atoms with Crippen LogP contribution >= 0.6 is 0 Å². The molecule has 3 aromatic rings. The lowest BCUT2D eigenvalue weighted by molar-refractivity contribution is -0.157. The number of nitrogens with one attached hydrogen (secondary N) is 2. The van der Waals surface area contributed by atoms with E-state index in [1.807, 2.05) is 12.1 Å². The molecule has 1 atom stereocenters. The van der Waals surface area contributed by atoms with Crippen LogP contribution in [0.5, 0.6) is 5.75 Å². The monoisotopic (exact) mass is 688 g/mol. The van der Waals surface area contributed by atoms with Crippen LogP contribution in [-0.2, 0) is 41.8 Å². The molecule has 0 spiro atoms. The van der Waals surface area contributed by atoms with Crippen molar-refractivity contribution in [2.75, 3.05) is 39.8 Å². The summed E-state index contributed by atoms with van der Waals surface area (Å²) in [5.41, 5.74) is 2.43. The van der Waals surface area contributed by atoms with Crippen molar-refractivity contribution in [2.24, 2.45) is 0 Å². The molecule has 0 radical (unpaired) electrons. The number of amides is 5. The Balaban J connectivity index is 1.12. The van der Waals surface area contributed by atoms with E-state index >= 15 is 0 Å². The Bertz CT molecular complexity index is 2000. The van der Waals surface area contributed by atoms with E-state index in [4.69, 9.17) is 24.3 Å². The van der Waals surface area contributed by atoms with Crippen molar-refractivity contribution in [2.45, 2.75) is 32.1 Å². The summed E-state index contributed by atoms with van der Waals surface area (Å²) in [4.78, 5) is 93.8. The topological polar surface area (TPSA) is 216 Å². The number of esters is 1. The van der Waals surface area contributed by atoms with Gasteiger partial charge in [-0.2, -0.15) is 0 Å². The third kappa shape index (κ3) is 6.83. The van der Waals surface area contributed by atoms with Crippen molar-refractivity contribution in [3.8, 4) is 17.1 Å². The molecule has 1 aromatic carbocycles. The average Bonchev–Trinajstić information content (AvgIpc) is 3.61. The van der Waals surface area contributed by atoms with Crippen LogP contribution < -0.4 is 20.9 Å². The van der Waals surface area contributed by atoms with Gasteiger partial charge in [-0.3, -0.25) is 24.1 Å². The Labute approximate surface area is 283 Å². The SMILES string of the molecule is COc1ccc2nc3c(cc2c1)Cn1c-3cc2c(c1=O)COC(=O)[C@H]2OC(=O)NCCN(CCNC(=O)O)C(=O)CCCN1C(=O)C=CC1=O. The Morgan fingerprint density at radius 1 is 1.04 bits per heavy atom. The zero-order valence-corrected chi connectivity index (χ0v) is 26.8. The number of hydrogen-bond donors (Lipinski definition) is 3. The van der Waals surface area contributed by atoms with Gasteiger partial charge in [0.1, 0.15) is 12.4 Å². The number of hydrogen-bond acceptors (Lipinski definition) is 11.